The van der Waals surface area contributed by atoms with Crippen LogP contribution in [0.5, 0.6) is 0 Å². The maximum Gasteiger partial charge on any atom is 0.169 e. The molecular weight excluding hydrogens is 526 g/mol. The Bertz CT molecular complexity index is 1230. The van der Waals surface area contributed by atoms with Gasteiger partial charge in [-0.3, -0.25) is 4.57 Å². The summed E-state index contributed by atoms with van der Waals surface area (Å²) in [5.74, 6) is 2.42. The minimum absolute atomic E-state index is 0.359. The van der Waals surface area contributed by atoms with E-state index in [1.165, 1.54) is 22.4 Å². The molecule has 3 nitrogen and oxygen atoms in total. The Morgan fingerprint density at radius 1 is 0.719 bits per heavy atom. The third-order valence-corrected chi connectivity index (χ3v) is 6.65. The molecule has 1 aromatic heterocycles. The van der Waals surface area contributed by atoms with E-state index < -0.39 is 0 Å². The lowest BCUT2D eigenvalue weighted by molar-refractivity contribution is 0.807. The van der Waals surface area contributed by atoms with Crippen LogP contribution in [0.2, 0.25) is 0 Å². The Hall–Kier alpha value is -2.24. The van der Waals surface area contributed by atoms with Gasteiger partial charge in [-0.15, -0.1) is 10.2 Å². The number of benzene rings is 3. The summed E-state index contributed by atoms with van der Waals surface area (Å²) < 4.78 is 4.26. The van der Waals surface area contributed by atoms with Gasteiger partial charge in [0.25, 0.3) is 0 Å². The van der Waals surface area contributed by atoms with Gasteiger partial charge in [0.15, 0.2) is 11.6 Å². The highest BCUT2D eigenvalue weighted by Gasteiger charge is 2.24. The number of aromatic nitrogens is 3. The summed E-state index contributed by atoms with van der Waals surface area (Å²) in [6, 6.07) is 21.2. The molecule has 1 heterocycles. The van der Waals surface area contributed by atoms with Crippen LogP contribution in [0.1, 0.15) is 56.2 Å². The number of halogens is 2. The van der Waals surface area contributed by atoms with E-state index in [0.717, 1.165) is 31.7 Å². The molecule has 0 saturated carbocycles. The van der Waals surface area contributed by atoms with Crippen LogP contribution in [0.15, 0.2) is 69.6 Å². The fourth-order valence-electron chi connectivity index (χ4n) is 4.13. The summed E-state index contributed by atoms with van der Waals surface area (Å²) >= 11 is 7.28. The summed E-state index contributed by atoms with van der Waals surface area (Å²) in [5.41, 5.74) is 7.05. The van der Waals surface area contributed by atoms with Crippen molar-refractivity contribution < 1.29 is 0 Å². The highest BCUT2D eigenvalue weighted by atomic mass is 79.9. The van der Waals surface area contributed by atoms with Crippen LogP contribution >= 0.6 is 31.9 Å². The molecule has 0 aliphatic rings. The average Bonchev–Trinajstić information content (AvgIpc) is 3.17. The molecule has 0 amide bonds. The molecule has 32 heavy (non-hydrogen) atoms. The molecular formula is C27H27Br2N3. The second kappa shape index (κ2) is 9.32. The van der Waals surface area contributed by atoms with E-state index in [9.17, 15) is 0 Å². The van der Waals surface area contributed by atoms with Gasteiger partial charge < -0.3 is 0 Å². The zero-order valence-electron chi connectivity index (χ0n) is 19.0. The van der Waals surface area contributed by atoms with E-state index in [4.69, 9.17) is 10.2 Å². The average molecular weight is 553 g/mol. The van der Waals surface area contributed by atoms with Crippen molar-refractivity contribution in [1.29, 1.82) is 0 Å². The van der Waals surface area contributed by atoms with Gasteiger partial charge in [0.2, 0.25) is 0 Å². The highest BCUT2D eigenvalue weighted by Crippen LogP contribution is 2.38. The first-order valence-electron chi connectivity index (χ1n) is 10.9. The molecule has 0 aliphatic heterocycles. The summed E-state index contributed by atoms with van der Waals surface area (Å²) in [7, 11) is 0. The van der Waals surface area contributed by atoms with Crippen LogP contribution in [0, 0.1) is 6.92 Å². The van der Waals surface area contributed by atoms with Crippen molar-refractivity contribution in [3.8, 4) is 28.5 Å². The third-order valence-electron chi connectivity index (χ3n) is 5.74. The van der Waals surface area contributed by atoms with E-state index in [2.05, 4.69) is 126 Å². The quantitative estimate of drug-likeness (QED) is 0.248. The molecule has 0 spiro atoms. The van der Waals surface area contributed by atoms with Gasteiger partial charge in [-0.2, -0.15) is 0 Å². The number of nitrogens with zero attached hydrogens (tertiary/aromatic N) is 3. The third kappa shape index (κ3) is 4.33. The fourth-order valence-corrected chi connectivity index (χ4v) is 5.43. The lowest BCUT2D eigenvalue weighted by atomic mass is 9.92. The normalized spacial score (nSPS) is 11.5. The monoisotopic (exact) mass is 551 g/mol. The first-order valence-corrected chi connectivity index (χ1v) is 12.5. The van der Waals surface area contributed by atoms with Crippen LogP contribution in [0.3, 0.4) is 0 Å². The molecule has 0 N–H and O–H groups in total. The first-order chi connectivity index (χ1) is 15.3. The van der Waals surface area contributed by atoms with Gasteiger partial charge in [-0.1, -0.05) is 102 Å². The van der Waals surface area contributed by atoms with Crippen molar-refractivity contribution in [2.45, 2.75) is 46.5 Å². The van der Waals surface area contributed by atoms with Crippen LogP contribution in [0.4, 0.5) is 0 Å². The highest BCUT2D eigenvalue weighted by molar-refractivity contribution is 9.11. The largest absolute Gasteiger partial charge is 0.274 e. The van der Waals surface area contributed by atoms with Gasteiger partial charge in [-0.05, 0) is 53.6 Å². The second-order valence-electron chi connectivity index (χ2n) is 8.75. The van der Waals surface area contributed by atoms with Crippen LogP contribution < -0.4 is 0 Å². The fraction of sp³-hybridized carbons (Fsp3) is 0.259. The summed E-state index contributed by atoms with van der Waals surface area (Å²) in [6.07, 6.45) is 0. The standard InChI is InChI=1S/C27H27Br2N3/c1-16(2)22-11-8-12-23(17(3)4)25(22)32-26(19-13-20(28)15-21(29)14-19)30-31-27(32)24-10-7-6-9-18(24)5/h6-17H,1-5H3. The molecule has 4 rings (SSSR count). The molecule has 0 aliphatic carbocycles. The predicted molar refractivity (Wildman–Crippen MR) is 141 cm³/mol. The zero-order valence-corrected chi connectivity index (χ0v) is 22.2. The lowest BCUT2D eigenvalue weighted by Gasteiger charge is -2.23. The number of hydrogen-bond donors (Lipinski definition) is 0. The SMILES string of the molecule is Cc1ccccc1-c1nnc(-c2cc(Br)cc(Br)c2)n1-c1c(C(C)C)cccc1C(C)C. The smallest absolute Gasteiger partial charge is 0.169 e. The van der Waals surface area contributed by atoms with Gasteiger partial charge in [-0.25, -0.2) is 0 Å². The first kappa shape index (κ1) is 22.9. The Morgan fingerprint density at radius 2 is 1.28 bits per heavy atom. The molecule has 4 aromatic rings. The van der Waals surface area contributed by atoms with Crippen molar-refractivity contribution in [3.05, 3.63) is 86.3 Å². The Kier molecular flexibility index (Phi) is 6.68. The number of rotatable bonds is 5. The second-order valence-corrected chi connectivity index (χ2v) is 10.6. The molecule has 5 heteroatoms. The maximum atomic E-state index is 4.74. The van der Waals surface area contributed by atoms with Crippen LogP contribution in [-0.4, -0.2) is 14.8 Å². The van der Waals surface area contributed by atoms with Crippen LogP contribution in [0.25, 0.3) is 28.5 Å². The minimum atomic E-state index is 0.359. The Balaban J connectivity index is 2.14. The number of aryl methyl sites for hydroxylation is 1. The topological polar surface area (TPSA) is 30.7 Å². The molecule has 0 bridgehead atoms. The van der Waals surface area contributed by atoms with Gasteiger partial charge in [0.1, 0.15) is 0 Å². The zero-order chi connectivity index (χ0) is 23.0. The van der Waals surface area contributed by atoms with Gasteiger partial charge >= 0.3 is 0 Å². The molecule has 3 aromatic carbocycles. The molecule has 164 valence electrons. The van der Waals surface area contributed by atoms with Gasteiger partial charge in [0.05, 0.1) is 5.69 Å². The summed E-state index contributed by atoms with van der Waals surface area (Å²) in [5, 5.41) is 9.48. The van der Waals surface area contributed by atoms with Crippen molar-refractivity contribution in [2.24, 2.45) is 0 Å². The van der Waals surface area contributed by atoms with E-state index in [1.807, 2.05) is 6.07 Å². The molecule has 0 unspecified atom stereocenters. The number of hydrogen-bond acceptors (Lipinski definition) is 2. The van der Waals surface area contributed by atoms with Crippen molar-refractivity contribution >= 4 is 31.9 Å². The van der Waals surface area contributed by atoms with E-state index in [1.54, 1.807) is 0 Å². The lowest BCUT2D eigenvalue weighted by Crippen LogP contribution is -2.10. The van der Waals surface area contributed by atoms with E-state index in [0.29, 0.717) is 11.8 Å². The number of para-hydroxylation sites is 1. The molecule has 0 fully saturated rings. The maximum absolute atomic E-state index is 4.74. The molecule has 0 radical (unpaired) electrons. The molecule has 0 atom stereocenters. The van der Waals surface area contributed by atoms with E-state index >= 15 is 0 Å². The minimum Gasteiger partial charge on any atom is -0.274 e. The van der Waals surface area contributed by atoms with E-state index in [-0.39, 0.29) is 0 Å². The molecule has 0 saturated heterocycles. The van der Waals surface area contributed by atoms with Crippen LogP contribution in [-0.2, 0) is 0 Å². The van der Waals surface area contributed by atoms with Crippen molar-refractivity contribution in [3.63, 3.8) is 0 Å². The van der Waals surface area contributed by atoms with Crippen molar-refractivity contribution in [2.75, 3.05) is 0 Å². The Labute approximate surface area is 207 Å². The predicted octanol–water partition coefficient (Wildman–Crippen LogP) is 8.68. The van der Waals surface area contributed by atoms with Gasteiger partial charge in [0, 0.05) is 20.1 Å². The van der Waals surface area contributed by atoms with Crippen molar-refractivity contribution in [1.82, 2.24) is 14.8 Å². The Morgan fingerprint density at radius 3 is 1.84 bits per heavy atom. The summed E-state index contributed by atoms with van der Waals surface area (Å²) in [4.78, 5) is 0. The summed E-state index contributed by atoms with van der Waals surface area (Å²) in [6.45, 7) is 11.1.